The molecule has 0 radical (unpaired) electrons. The average molecular weight is 466 g/mol. The van der Waals surface area contributed by atoms with E-state index >= 15 is 0 Å². The van der Waals surface area contributed by atoms with Gasteiger partial charge in [-0.25, -0.2) is 9.97 Å². The number of nitrogens with one attached hydrogen (secondary N) is 1. The molecule has 0 saturated carbocycles. The number of nitrogens with zero attached hydrogens (tertiary/aromatic N) is 5. The first kappa shape index (κ1) is 21.4. The lowest BCUT2D eigenvalue weighted by molar-refractivity contribution is -0.138. The minimum atomic E-state index is -4.62. The van der Waals surface area contributed by atoms with Crippen molar-refractivity contribution in [3.8, 4) is 11.5 Å². The molecule has 0 saturated heterocycles. The molecule has 4 rings (SSSR count). The van der Waals surface area contributed by atoms with Crippen LogP contribution in [0.5, 0.6) is 11.5 Å². The van der Waals surface area contributed by atoms with Gasteiger partial charge in [0.2, 0.25) is 5.95 Å². The summed E-state index contributed by atoms with van der Waals surface area (Å²) in [6, 6.07) is 3.80. The minimum Gasteiger partial charge on any atom is -0.454 e. The molecule has 3 N–H and O–H groups in total. The molecule has 0 bridgehead atoms. The molecule has 0 atom stereocenters. The van der Waals surface area contributed by atoms with E-state index in [0.717, 1.165) is 16.8 Å². The number of nitrogen functional groups attached to an aromatic ring is 1. The molecule has 0 amide bonds. The Morgan fingerprint density at radius 3 is 2.66 bits per heavy atom. The number of hydrogen-bond acceptors (Lipinski definition) is 7. The molecule has 166 valence electrons. The van der Waals surface area contributed by atoms with Crippen molar-refractivity contribution >= 4 is 40.2 Å². The maximum atomic E-state index is 13.1. The Morgan fingerprint density at radius 1 is 1.22 bits per heavy atom. The lowest BCUT2D eigenvalue weighted by Gasteiger charge is -2.12. The van der Waals surface area contributed by atoms with Crippen molar-refractivity contribution in [3.63, 3.8) is 0 Å². The topological polar surface area (TPSA) is 113 Å². The summed E-state index contributed by atoms with van der Waals surface area (Å²) in [6.45, 7) is 0. The number of anilines is 3. The van der Waals surface area contributed by atoms with Crippen molar-refractivity contribution in [3.05, 3.63) is 57.7 Å². The van der Waals surface area contributed by atoms with E-state index in [-0.39, 0.29) is 33.9 Å². The van der Waals surface area contributed by atoms with Crippen molar-refractivity contribution < 1.29 is 17.9 Å². The summed E-state index contributed by atoms with van der Waals surface area (Å²) in [5.41, 5.74) is 4.24. The molecule has 13 heteroatoms. The number of alkyl halides is 3. The minimum absolute atomic E-state index is 0.0659. The lowest BCUT2D eigenvalue weighted by Crippen LogP contribution is -2.23. The van der Waals surface area contributed by atoms with E-state index in [4.69, 9.17) is 22.1 Å². The zero-order chi connectivity index (χ0) is 23.2. The second-order valence-electron chi connectivity index (χ2n) is 6.80. The Balaban J connectivity index is 1.74. The Bertz CT molecular complexity index is 1400. The predicted molar refractivity (Wildman–Crippen MR) is 112 cm³/mol. The van der Waals surface area contributed by atoms with Crippen LogP contribution in [0.25, 0.3) is 11.2 Å². The fourth-order valence-electron chi connectivity index (χ4n) is 2.99. The average Bonchev–Trinajstić information content (AvgIpc) is 3.03. The van der Waals surface area contributed by atoms with E-state index < -0.39 is 17.3 Å². The number of fused-ring (bicyclic) bond motifs is 1. The van der Waals surface area contributed by atoms with Crippen molar-refractivity contribution in [2.75, 3.05) is 11.1 Å². The number of pyridine rings is 3. The largest absolute Gasteiger partial charge is 0.454 e. The standard InChI is InChI=1S/C19H15ClF3N7O2/c1-29-8-9(19(21,22)23)5-11(17(29)31)27-18-28-16-15(30(18)2)14(20)12(7-26-16)32-10-3-4-25-13(24)6-10/h3-8H,1-2H3,(H2,24,25)(H,26,27,28). The number of rotatable bonds is 4. The number of aromatic nitrogens is 5. The molecule has 0 unspecified atom stereocenters. The number of nitrogens with two attached hydrogens (primary N) is 1. The quantitative estimate of drug-likeness (QED) is 0.470. The van der Waals surface area contributed by atoms with E-state index in [0.29, 0.717) is 11.3 Å². The molecular formula is C19H15ClF3N7O2. The van der Waals surface area contributed by atoms with Gasteiger partial charge in [0.25, 0.3) is 5.56 Å². The van der Waals surface area contributed by atoms with Gasteiger partial charge in [-0.1, -0.05) is 11.6 Å². The molecule has 0 fully saturated rings. The highest BCUT2D eigenvalue weighted by atomic mass is 35.5. The maximum Gasteiger partial charge on any atom is 0.417 e. The van der Waals surface area contributed by atoms with Gasteiger partial charge in [0.15, 0.2) is 11.4 Å². The zero-order valence-corrected chi connectivity index (χ0v) is 17.4. The summed E-state index contributed by atoms with van der Waals surface area (Å²) < 4.78 is 47.5. The number of imidazole rings is 1. The normalized spacial score (nSPS) is 11.7. The highest BCUT2D eigenvalue weighted by Gasteiger charge is 2.32. The Labute approximate surface area is 183 Å². The molecule has 0 aliphatic heterocycles. The van der Waals surface area contributed by atoms with Gasteiger partial charge in [0.1, 0.15) is 27.8 Å². The van der Waals surface area contributed by atoms with Gasteiger partial charge in [-0.2, -0.15) is 18.2 Å². The van der Waals surface area contributed by atoms with Gasteiger partial charge in [0, 0.05) is 32.6 Å². The van der Waals surface area contributed by atoms with Crippen molar-refractivity contribution in [2.24, 2.45) is 14.1 Å². The van der Waals surface area contributed by atoms with Crippen LogP contribution in [0.1, 0.15) is 5.56 Å². The smallest absolute Gasteiger partial charge is 0.417 e. The number of halogens is 4. The fraction of sp³-hybridized carbons (Fsp3) is 0.158. The predicted octanol–water partition coefficient (Wildman–Crippen LogP) is 3.85. The molecular weight excluding hydrogens is 451 g/mol. The molecule has 0 aliphatic carbocycles. The van der Waals surface area contributed by atoms with Gasteiger partial charge in [-0.15, -0.1) is 0 Å². The summed E-state index contributed by atoms with van der Waals surface area (Å²) in [6.07, 6.45) is -1.09. The Kier molecular flexibility index (Phi) is 5.17. The molecule has 4 heterocycles. The fourth-order valence-corrected chi connectivity index (χ4v) is 3.29. The van der Waals surface area contributed by atoms with Crippen molar-refractivity contribution in [1.82, 2.24) is 24.1 Å². The lowest BCUT2D eigenvalue weighted by atomic mass is 10.2. The number of hydrogen-bond donors (Lipinski definition) is 2. The first-order chi connectivity index (χ1) is 15.0. The van der Waals surface area contributed by atoms with Crippen LogP contribution < -0.4 is 21.3 Å². The van der Waals surface area contributed by atoms with Gasteiger partial charge >= 0.3 is 6.18 Å². The van der Waals surface area contributed by atoms with Crippen LogP contribution in [0.3, 0.4) is 0 Å². The van der Waals surface area contributed by atoms with Crippen LogP contribution >= 0.6 is 11.6 Å². The third kappa shape index (κ3) is 3.91. The summed E-state index contributed by atoms with van der Waals surface area (Å²) in [5.74, 6) is 0.904. The van der Waals surface area contributed by atoms with Gasteiger partial charge < -0.3 is 24.9 Å². The van der Waals surface area contributed by atoms with Gasteiger partial charge in [0.05, 0.1) is 11.8 Å². The molecule has 4 aromatic heterocycles. The van der Waals surface area contributed by atoms with Crippen LogP contribution in [0.15, 0.2) is 41.6 Å². The summed E-state index contributed by atoms with van der Waals surface area (Å²) in [4.78, 5) is 24.6. The van der Waals surface area contributed by atoms with E-state index in [9.17, 15) is 18.0 Å². The van der Waals surface area contributed by atoms with Crippen LogP contribution in [0.2, 0.25) is 5.02 Å². The van der Waals surface area contributed by atoms with E-state index in [1.165, 1.54) is 30.1 Å². The summed E-state index contributed by atoms with van der Waals surface area (Å²) in [5, 5.41) is 2.80. The van der Waals surface area contributed by atoms with E-state index in [2.05, 4.69) is 20.3 Å². The molecule has 0 aromatic carbocycles. The van der Waals surface area contributed by atoms with Crippen LogP contribution in [-0.4, -0.2) is 24.1 Å². The summed E-state index contributed by atoms with van der Waals surface area (Å²) in [7, 11) is 2.79. The first-order valence-electron chi connectivity index (χ1n) is 9.00. The van der Waals surface area contributed by atoms with E-state index in [1.807, 2.05) is 0 Å². The number of aryl methyl sites for hydroxylation is 2. The molecule has 0 spiro atoms. The van der Waals surface area contributed by atoms with E-state index in [1.54, 1.807) is 13.1 Å². The van der Waals surface area contributed by atoms with Crippen LogP contribution in [0.4, 0.5) is 30.6 Å². The Morgan fingerprint density at radius 2 is 1.97 bits per heavy atom. The second-order valence-corrected chi connectivity index (χ2v) is 7.18. The first-order valence-corrected chi connectivity index (χ1v) is 9.37. The van der Waals surface area contributed by atoms with Gasteiger partial charge in [-0.05, 0) is 12.1 Å². The monoisotopic (exact) mass is 465 g/mol. The highest BCUT2D eigenvalue weighted by Crippen LogP contribution is 2.36. The third-order valence-corrected chi connectivity index (χ3v) is 4.91. The number of ether oxygens (including phenoxy) is 1. The third-order valence-electron chi connectivity index (χ3n) is 4.54. The molecule has 4 aromatic rings. The SMILES string of the molecule is Cn1cc(C(F)(F)F)cc(Nc2nc3ncc(Oc4ccnc(N)c4)c(Cl)c3n2C)c1=O. The maximum absolute atomic E-state index is 13.1. The second kappa shape index (κ2) is 7.71. The highest BCUT2D eigenvalue weighted by molar-refractivity contribution is 6.36. The van der Waals surface area contributed by atoms with Gasteiger partial charge in [-0.3, -0.25) is 4.79 Å². The summed E-state index contributed by atoms with van der Waals surface area (Å²) >= 11 is 6.48. The van der Waals surface area contributed by atoms with Crippen molar-refractivity contribution in [2.45, 2.75) is 6.18 Å². The molecule has 0 aliphatic rings. The van der Waals surface area contributed by atoms with Crippen molar-refractivity contribution in [1.29, 1.82) is 0 Å². The molecule has 9 nitrogen and oxygen atoms in total. The zero-order valence-electron chi connectivity index (χ0n) is 16.6. The van der Waals surface area contributed by atoms with Crippen LogP contribution in [0, 0.1) is 0 Å². The Hall–Kier alpha value is -3.80. The van der Waals surface area contributed by atoms with Crippen LogP contribution in [-0.2, 0) is 20.3 Å². The molecule has 32 heavy (non-hydrogen) atoms.